The van der Waals surface area contributed by atoms with Crippen LogP contribution in [0.3, 0.4) is 0 Å². The van der Waals surface area contributed by atoms with Gasteiger partial charge in [-0.25, -0.2) is 0 Å². The molecule has 0 heteroatoms. The molecule has 0 aliphatic carbocycles. The van der Waals surface area contributed by atoms with Gasteiger partial charge in [0.05, 0.1) is 0 Å². The van der Waals surface area contributed by atoms with E-state index in [0.29, 0.717) is 0 Å². The Morgan fingerprint density at radius 3 is 1.03 bits per heavy atom. The molecule has 178 valence electrons. The third-order valence-electron chi connectivity index (χ3n) is 7.45. The molecule has 0 aliphatic heterocycles. The van der Waals surface area contributed by atoms with Gasteiger partial charge in [0, 0.05) is 0 Å². The molecule has 0 saturated heterocycles. The predicted octanol–water partition coefficient (Wildman–Crippen LogP) is 10.7. The van der Waals surface area contributed by atoms with Crippen molar-refractivity contribution in [3.63, 3.8) is 0 Å². The fourth-order valence-corrected chi connectivity index (χ4v) is 5.72. The maximum atomic E-state index is 2.35. The summed E-state index contributed by atoms with van der Waals surface area (Å²) in [6, 6.07) is 56.9. The van der Waals surface area contributed by atoms with E-state index in [9.17, 15) is 0 Å². The van der Waals surface area contributed by atoms with Crippen LogP contribution in [0.5, 0.6) is 0 Å². The summed E-state index contributed by atoms with van der Waals surface area (Å²) >= 11 is 0. The fraction of sp³-hybridized carbons (Fsp3) is 0. The Balaban J connectivity index is 1.46. The molecule has 7 aromatic rings. The van der Waals surface area contributed by atoms with Crippen LogP contribution in [0.15, 0.2) is 158 Å². The summed E-state index contributed by atoms with van der Waals surface area (Å²) in [6.45, 7) is 0. The van der Waals surface area contributed by atoms with Crippen LogP contribution in [0.1, 0.15) is 0 Å². The lowest BCUT2D eigenvalue weighted by Crippen LogP contribution is -1.91. The summed E-state index contributed by atoms with van der Waals surface area (Å²) in [4.78, 5) is 0. The molecular formula is C38H26. The van der Waals surface area contributed by atoms with E-state index in [-0.39, 0.29) is 0 Å². The van der Waals surface area contributed by atoms with Crippen molar-refractivity contribution in [3.05, 3.63) is 158 Å². The maximum absolute atomic E-state index is 2.35. The van der Waals surface area contributed by atoms with Crippen LogP contribution in [-0.2, 0) is 0 Å². The summed E-state index contributed by atoms with van der Waals surface area (Å²) < 4.78 is 0. The molecule has 0 aromatic heterocycles. The predicted molar refractivity (Wildman–Crippen MR) is 163 cm³/mol. The number of rotatable bonds is 4. The first-order chi connectivity index (χ1) is 18.9. The monoisotopic (exact) mass is 482 g/mol. The van der Waals surface area contributed by atoms with Crippen molar-refractivity contribution in [1.29, 1.82) is 0 Å². The van der Waals surface area contributed by atoms with Crippen LogP contribution in [-0.4, -0.2) is 0 Å². The third kappa shape index (κ3) is 3.88. The van der Waals surface area contributed by atoms with Crippen molar-refractivity contribution in [2.24, 2.45) is 0 Å². The highest BCUT2D eigenvalue weighted by Gasteiger charge is 2.16. The summed E-state index contributed by atoms with van der Waals surface area (Å²) in [5.74, 6) is 0. The van der Waals surface area contributed by atoms with Gasteiger partial charge in [0.25, 0.3) is 0 Å². The van der Waals surface area contributed by atoms with Gasteiger partial charge in [-0.1, -0.05) is 146 Å². The van der Waals surface area contributed by atoms with Gasteiger partial charge < -0.3 is 0 Å². The van der Waals surface area contributed by atoms with E-state index in [1.165, 1.54) is 66.1 Å². The first kappa shape index (κ1) is 22.3. The van der Waals surface area contributed by atoms with Crippen molar-refractivity contribution in [3.8, 4) is 44.5 Å². The summed E-state index contributed by atoms with van der Waals surface area (Å²) in [5.41, 5.74) is 9.99. The van der Waals surface area contributed by atoms with Gasteiger partial charge >= 0.3 is 0 Å². The minimum Gasteiger partial charge on any atom is -0.0622 e. The average Bonchev–Trinajstić information content (AvgIpc) is 3.01. The van der Waals surface area contributed by atoms with E-state index in [4.69, 9.17) is 0 Å². The summed E-state index contributed by atoms with van der Waals surface area (Å²) in [5, 5.41) is 5.12. The lowest BCUT2D eigenvalue weighted by Gasteiger charge is -2.18. The van der Waals surface area contributed by atoms with Crippen molar-refractivity contribution >= 4 is 21.5 Å². The molecule has 0 heterocycles. The molecule has 0 atom stereocenters. The van der Waals surface area contributed by atoms with Crippen LogP contribution in [0.25, 0.3) is 66.1 Å². The molecule has 0 radical (unpaired) electrons. The molecule has 0 unspecified atom stereocenters. The van der Waals surface area contributed by atoms with Crippen molar-refractivity contribution in [1.82, 2.24) is 0 Å². The van der Waals surface area contributed by atoms with Crippen LogP contribution < -0.4 is 0 Å². The molecule has 0 fully saturated rings. The zero-order valence-electron chi connectivity index (χ0n) is 21.0. The number of hydrogen-bond acceptors (Lipinski definition) is 0. The van der Waals surface area contributed by atoms with Crippen LogP contribution in [0.4, 0.5) is 0 Å². The first-order valence-electron chi connectivity index (χ1n) is 13.1. The molecule has 0 N–H and O–H groups in total. The number of benzene rings is 7. The maximum Gasteiger partial charge on any atom is -0.00262 e. The van der Waals surface area contributed by atoms with Crippen molar-refractivity contribution in [2.75, 3.05) is 0 Å². The summed E-state index contributed by atoms with van der Waals surface area (Å²) in [6.07, 6.45) is 0. The second kappa shape index (κ2) is 9.50. The Kier molecular flexibility index (Phi) is 5.57. The minimum absolute atomic E-state index is 1.22. The lowest BCUT2D eigenvalue weighted by atomic mass is 9.85. The van der Waals surface area contributed by atoms with E-state index >= 15 is 0 Å². The minimum atomic E-state index is 1.22. The van der Waals surface area contributed by atoms with Gasteiger partial charge in [-0.3, -0.25) is 0 Å². The fourth-order valence-electron chi connectivity index (χ4n) is 5.72. The van der Waals surface area contributed by atoms with Crippen molar-refractivity contribution < 1.29 is 0 Å². The van der Waals surface area contributed by atoms with Gasteiger partial charge in [0.1, 0.15) is 0 Å². The van der Waals surface area contributed by atoms with E-state index in [0.717, 1.165) is 0 Å². The van der Waals surface area contributed by atoms with Crippen molar-refractivity contribution in [2.45, 2.75) is 0 Å². The van der Waals surface area contributed by atoms with Crippen LogP contribution >= 0.6 is 0 Å². The third-order valence-corrected chi connectivity index (χ3v) is 7.45. The molecule has 0 nitrogen and oxygen atoms in total. The zero-order chi connectivity index (χ0) is 25.3. The molecule has 38 heavy (non-hydrogen) atoms. The highest BCUT2D eigenvalue weighted by Crippen LogP contribution is 2.44. The smallest absolute Gasteiger partial charge is 0.00262 e. The van der Waals surface area contributed by atoms with Crippen LogP contribution in [0.2, 0.25) is 0 Å². The van der Waals surface area contributed by atoms with Gasteiger partial charge in [-0.2, -0.15) is 0 Å². The Bertz CT molecular complexity index is 1840. The second-order valence-corrected chi connectivity index (χ2v) is 9.73. The second-order valence-electron chi connectivity index (χ2n) is 9.73. The molecule has 0 saturated carbocycles. The largest absolute Gasteiger partial charge is 0.0622 e. The molecule has 7 rings (SSSR count). The molecule has 7 aromatic carbocycles. The molecule has 0 aliphatic rings. The average molecular weight is 483 g/mol. The standard InChI is InChI=1S/C38H26/c1-3-13-27(14-4-1)29-17-11-18-30(25-29)31-19-12-20-32(26-31)38-35-23-9-7-21-33(35)37(28-15-5-2-6-16-28)34-22-8-10-24-36(34)38/h1-26H. The quantitative estimate of drug-likeness (QED) is 0.219. The number of fused-ring (bicyclic) bond motifs is 2. The zero-order valence-corrected chi connectivity index (χ0v) is 21.0. The Morgan fingerprint density at radius 1 is 0.211 bits per heavy atom. The Morgan fingerprint density at radius 2 is 0.526 bits per heavy atom. The molecular weight excluding hydrogens is 456 g/mol. The van der Waals surface area contributed by atoms with Gasteiger partial charge in [-0.15, -0.1) is 0 Å². The molecule has 0 amide bonds. The van der Waals surface area contributed by atoms with Gasteiger partial charge in [-0.05, 0) is 78.2 Å². The first-order valence-corrected chi connectivity index (χ1v) is 13.1. The topological polar surface area (TPSA) is 0 Å². The van der Waals surface area contributed by atoms with E-state index in [1.807, 2.05) is 0 Å². The molecule has 0 bridgehead atoms. The molecule has 0 spiro atoms. The highest BCUT2D eigenvalue weighted by atomic mass is 14.2. The van der Waals surface area contributed by atoms with Gasteiger partial charge in [0.2, 0.25) is 0 Å². The van der Waals surface area contributed by atoms with Crippen LogP contribution in [0, 0.1) is 0 Å². The van der Waals surface area contributed by atoms with E-state index in [1.54, 1.807) is 0 Å². The summed E-state index contributed by atoms with van der Waals surface area (Å²) in [7, 11) is 0. The number of hydrogen-bond donors (Lipinski definition) is 0. The van der Waals surface area contributed by atoms with E-state index in [2.05, 4.69) is 158 Å². The van der Waals surface area contributed by atoms with E-state index < -0.39 is 0 Å². The highest BCUT2D eigenvalue weighted by molar-refractivity contribution is 6.21. The lowest BCUT2D eigenvalue weighted by molar-refractivity contribution is 1.58. The normalized spacial score (nSPS) is 11.2. The Labute approximate surface area is 223 Å². The van der Waals surface area contributed by atoms with Gasteiger partial charge in [0.15, 0.2) is 0 Å². The Hall–Kier alpha value is -4.94. The SMILES string of the molecule is c1ccc(-c2cccc(-c3cccc(-c4c5ccccc5c(-c5ccccc5)c5ccccc45)c3)c2)cc1.